The number of rotatable bonds is 3. The number of aliphatic hydroxyl groups is 1. The Hall–Kier alpha value is -1.67. The van der Waals surface area contributed by atoms with E-state index in [0.717, 1.165) is 11.1 Å². The van der Waals surface area contributed by atoms with Crippen LogP contribution in [0, 0.1) is 5.82 Å². The van der Waals surface area contributed by atoms with E-state index in [1.165, 1.54) is 30.5 Å². The SMILES string of the molecule is OC(c1ccc(F)cc1)c1ccccc1C1CC1. The molecule has 1 aliphatic carbocycles. The van der Waals surface area contributed by atoms with Gasteiger partial charge in [-0.1, -0.05) is 36.4 Å². The first-order valence-corrected chi connectivity index (χ1v) is 6.28. The Labute approximate surface area is 106 Å². The van der Waals surface area contributed by atoms with Crippen LogP contribution in [0.15, 0.2) is 48.5 Å². The van der Waals surface area contributed by atoms with Crippen LogP contribution in [0.3, 0.4) is 0 Å². The lowest BCUT2D eigenvalue weighted by atomic mass is 9.94. The fourth-order valence-electron chi connectivity index (χ4n) is 2.35. The molecule has 1 saturated carbocycles. The molecule has 0 heterocycles. The van der Waals surface area contributed by atoms with Crippen LogP contribution in [0.5, 0.6) is 0 Å². The van der Waals surface area contributed by atoms with Gasteiger partial charge in [-0.2, -0.15) is 0 Å². The third kappa shape index (κ3) is 2.16. The first-order valence-electron chi connectivity index (χ1n) is 6.28. The van der Waals surface area contributed by atoms with Gasteiger partial charge in [-0.3, -0.25) is 0 Å². The second kappa shape index (κ2) is 4.54. The molecule has 0 spiro atoms. The van der Waals surface area contributed by atoms with Crippen LogP contribution in [-0.4, -0.2) is 5.11 Å². The monoisotopic (exact) mass is 242 g/mol. The zero-order valence-electron chi connectivity index (χ0n) is 10.0. The van der Waals surface area contributed by atoms with Crippen molar-refractivity contribution in [2.75, 3.05) is 0 Å². The summed E-state index contributed by atoms with van der Waals surface area (Å²) in [6.45, 7) is 0. The van der Waals surface area contributed by atoms with Gasteiger partial charge in [0.15, 0.2) is 0 Å². The predicted molar refractivity (Wildman–Crippen MR) is 68.9 cm³/mol. The maximum Gasteiger partial charge on any atom is 0.123 e. The van der Waals surface area contributed by atoms with Gasteiger partial charge >= 0.3 is 0 Å². The Balaban J connectivity index is 1.96. The first kappa shape index (κ1) is 11.4. The van der Waals surface area contributed by atoms with Gasteiger partial charge in [-0.05, 0) is 47.6 Å². The molecule has 92 valence electrons. The lowest BCUT2D eigenvalue weighted by Crippen LogP contribution is -2.03. The molecule has 1 unspecified atom stereocenters. The van der Waals surface area contributed by atoms with Crippen molar-refractivity contribution in [3.63, 3.8) is 0 Å². The molecule has 2 aromatic rings. The molecule has 1 fully saturated rings. The van der Waals surface area contributed by atoms with Gasteiger partial charge in [0.25, 0.3) is 0 Å². The standard InChI is InChI=1S/C16H15FO/c17-13-9-7-12(8-10-13)16(18)15-4-2-1-3-14(15)11-5-6-11/h1-4,7-11,16,18H,5-6H2. The molecule has 0 bridgehead atoms. The molecule has 0 amide bonds. The molecule has 18 heavy (non-hydrogen) atoms. The van der Waals surface area contributed by atoms with E-state index >= 15 is 0 Å². The minimum Gasteiger partial charge on any atom is -0.384 e. The molecule has 2 aromatic carbocycles. The third-order valence-corrected chi connectivity index (χ3v) is 3.49. The Bertz CT molecular complexity index is 543. The van der Waals surface area contributed by atoms with Gasteiger partial charge in [0.1, 0.15) is 11.9 Å². The largest absolute Gasteiger partial charge is 0.384 e. The highest BCUT2D eigenvalue weighted by Crippen LogP contribution is 2.43. The summed E-state index contributed by atoms with van der Waals surface area (Å²) in [7, 11) is 0. The van der Waals surface area contributed by atoms with Gasteiger partial charge in [0.05, 0.1) is 0 Å². The van der Waals surface area contributed by atoms with Crippen LogP contribution in [0.25, 0.3) is 0 Å². The second-order valence-corrected chi connectivity index (χ2v) is 4.86. The van der Waals surface area contributed by atoms with Crippen molar-refractivity contribution >= 4 is 0 Å². The number of halogens is 1. The van der Waals surface area contributed by atoms with Crippen LogP contribution in [0.4, 0.5) is 4.39 Å². The van der Waals surface area contributed by atoms with Gasteiger partial charge in [-0.15, -0.1) is 0 Å². The Morgan fingerprint density at radius 3 is 2.33 bits per heavy atom. The van der Waals surface area contributed by atoms with Gasteiger partial charge in [-0.25, -0.2) is 4.39 Å². The maximum atomic E-state index is 12.9. The van der Waals surface area contributed by atoms with E-state index in [4.69, 9.17) is 0 Å². The summed E-state index contributed by atoms with van der Waals surface area (Å²) < 4.78 is 12.9. The number of hydrogen-bond acceptors (Lipinski definition) is 1. The van der Waals surface area contributed by atoms with E-state index in [-0.39, 0.29) is 5.82 Å². The number of hydrogen-bond donors (Lipinski definition) is 1. The van der Waals surface area contributed by atoms with Crippen molar-refractivity contribution in [2.24, 2.45) is 0 Å². The Morgan fingerprint density at radius 2 is 1.67 bits per heavy atom. The average molecular weight is 242 g/mol. The molecule has 1 aliphatic rings. The minimum absolute atomic E-state index is 0.276. The van der Waals surface area contributed by atoms with Crippen molar-refractivity contribution in [1.29, 1.82) is 0 Å². The van der Waals surface area contributed by atoms with Crippen molar-refractivity contribution in [1.82, 2.24) is 0 Å². The summed E-state index contributed by atoms with van der Waals surface area (Å²) in [5, 5.41) is 10.4. The fourth-order valence-corrected chi connectivity index (χ4v) is 2.35. The quantitative estimate of drug-likeness (QED) is 0.868. The fraction of sp³-hybridized carbons (Fsp3) is 0.250. The van der Waals surface area contributed by atoms with Crippen molar-refractivity contribution in [3.05, 3.63) is 71.0 Å². The van der Waals surface area contributed by atoms with Crippen LogP contribution < -0.4 is 0 Å². The van der Waals surface area contributed by atoms with E-state index < -0.39 is 6.10 Å². The van der Waals surface area contributed by atoms with E-state index in [1.807, 2.05) is 18.2 Å². The molecule has 1 nitrogen and oxygen atoms in total. The molecule has 0 saturated heterocycles. The topological polar surface area (TPSA) is 20.2 Å². The van der Waals surface area contributed by atoms with E-state index in [2.05, 4.69) is 6.07 Å². The minimum atomic E-state index is -0.664. The highest BCUT2D eigenvalue weighted by atomic mass is 19.1. The summed E-state index contributed by atoms with van der Waals surface area (Å²) in [6.07, 6.45) is 1.74. The third-order valence-electron chi connectivity index (χ3n) is 3.49. The van der Waals surface area contributed by atoms with Crippen LogP contribution >= 0.6 is 0 Å². The summed E-state index contributed by atoms with van der Waals surface area (Å²) in [6, 6.07) is 14.0. The molecule has 0 aromatic heterocycles. The van der Waals surface area contributed by atoms with Crippen molar-refractivity contribution in [3.8, 4) is 0 Å². The highest BCUT2D eigenvalue weighted by molar-refractivity contribution is 5.39. The molecule has 3 rings (SSSR count). The van der Waals surface area contributed by atoms with Crippen LogP contribution in [-0.2, 0) is 0 Å². The molecule has 2 heteroatoms. The lowest BCUT2D eigenvalue weighted by molar-refractivity contribution is 0.219. The molecule has 0 aliphatic heterocycles. The highest BCUT2D eigenvalue weighted by Gasteiger charge is 2.27. The lowest BCUT2D eigenvalue weighted by Gasteiger charge is -2.15. The maximum absolute atomic E-state index is 12.9. The van der Waals surface area contributed by atoms with Gasteiger partial charge < -0.3 is 5.11 Å². The molecule has 1 atom stereocenters. The van der Waals surface area contributed by atoms with Gasteiger partial charge in [0.2, 0.25) is 0 Å². The Kier molecular flexibility index (Phi) is 2.88. The van der Waals surface area contributed by atoms with Crippen molar-refractivity contribution < 1.29 is 9.50 Å². The normalized spacial score (nSPS) is 16.6. The summed E-state index contributed by atoms with van der Waals surface area (Å²) in [5.41, 5.74) is 2.92. The van der Waals surface area contributed by atoms with E-state index in [1.54, 1.807) is 12.1 Å². The summed E-state index contributed by atoms with van der Waals surface area (Å²) >= 11 is 0. The van der Waals surface area contributed by atoms with Crippen LogP contribution in [0.2, 0.25) is 0 Å². The zero-order valence-corrected chi connectivity index (χ0v) is 10.0. The second-order valence-electron chi connectivity index (χ2n) is 4.86. The first-order chi connectivity index (χ1) is 8.75. The van der Waals surface area contributed by atoms with Crippen LogP contribution in [0.1, 0.15) is 41.6 Å². The van der Waals surface area contributed by atoms with Crippen molar-refractivity contribution in [2.45, 2.75) is 24.9 Å². The predicted octanol–water partition coefficient (Wildman–Crippen LogP) is 3.78. The van der Waals surface area contributed by atoms with Gasteiger partial charge in [0, 0.05) is 0 Å². The van der Waals surface area contributed by atoms with E-state index in [0.29, 0.717) is 5.92 Å². The molecular weight excluding hydrogens is 227 g/mol. The summed E-state index contributed by atoms with van der Waals surface area (Å²) in [5.74, 6) is 0.317. The number of aliphatic hydroxyl groups excluding tert-OH is 1. The molecule has 1 N–H and O–H groups in total. The average Bonchev–Trinajstić information content (AvgIpc) is 3.23. The molecular formula is C16H15FO. The summed E-state index contributed by atoms with van der Waals surface area (Å²) in [4.78, 5) is 0. The molecule has 0 radical (unpaired) electrons. The van der Waals surface area contributed by atoms with E-state index in [9.17, 15) is 9.50 Å². The Morgan fingerprint density at radius 1 is 1.00 bits per heavy atom. The zero-order chi connectivity index (χ0) is 12.5. The number of benzene rings is 2. The smallest absolute Gasteiger partial charge is 0.123 e.